The van der Waals surface area contributed by atoms with E-state index in [-0.39, 0.29) is 6.61 Å². The number of alkyl halides is 1. The summed E-state index contributed by atoms with van der Waals surface area (Å²) in [6, 6.07) is 9.71. The molecular weight excluding hydrogens is 424 g/mol. The van der Waals surface area contributed by atoms with Crippen molar-refractivity contribution in [3.8, 4) is 11.8 Å². The summed E-state index contributed by atoms with van der Waals surface area (Å²) in [5, 5.41) is 9.02. The fourth-order valence-corrected chi connectivity index (χ4v) is 3.43. The molecule has 0 bridgehead atoms. The highest BCUT2D eigenvalue weighted by Crippen LogP contribution is 2.35. The van der Waals surface area contributed by atoms with E-state index < -0.39 is 5.82 Å². The summed E-state index contributed by atoms with van der Waals surface area (Å²) < 4.78 is 20.4. The standard InChI is InChI=1S/C15H9Br2ClFNO/c16-13-3-9(6-18)4-14(17)15(13)21-8-11-5-12(19)2-1-10(11)7-20/h1-5H,6,8H2. The van der Waals surface area contributed by atoms with E-state index >= 15 is 0 Å². The number of nitrogens with zero attached hydrogens (tertiary/aromatic N) is 1. The Morgan fingerprint density at radius 2 is 1.86 bits per heavy atom. The average Bonchev–Trinajstić information content (AvgIpc) is 2.46. The van der Waals surface area contributed by atoms with Crippen LogP contribution in [0.1, 0.15) is 16.7 Å². The van der Waals surface area contributed by atoms with Gasteiger partial charge in [-0.3, -0.25) is 0 Å². The van der Waals surface area contributed by atoms with Crippen LogP contribution >= 0.6 is 43.5 Å². The van der Waals surface area contributed by atoms with Crippen LogP contribution in [0.4, 0.5) is 4.39 Å². The summed E-state index contributed by atoms with van der Waals surface area (Å²) in [7, 11) is 0. The Kier molecular flexibility index (Phi) is 5.63. The zero-order valence-corrected chi connectivity index (χ0v) is 14.6. The van der Waals surface area contributed by atoms with Crippen LogP contribution in [-0.4, -0.2) is 0 Å². The SMILES string of the molecule is N#Cc1ccc(F)cc1COc1c(Br)cc(CCl)cc1Br. The molecule has 0 radical (unpaired) electrons. The Labute approximate surface area is 143 Å². The molecule has 0 N–H and O–H groups in total. The van der Waals surface area contributed by atoms with Gasteiger partial charge in [-0.1, -0.05) is 0 Å². The van der Waals surface area contributed by atoms with Gasteiger partial charge >= 0.3 is 0 Å². The third-order valence-corrected chi connectivity index (χ3v) is 4.26. The van der Waals surface area contributed by atoms with Crippen LogP contribution in [0.5, 0.6) is 5.75 Å². The van der Waals surface area contributed by atoms with Crippen molar-refractivity contribution in [3.05, 3.63) is 61.8 Å². The minimum Gasteiger partial charge on any atom is -0.486 e. The number of nitriles is 1. The zero-order chi connectivity index (χ0) is 15.4. The van der Waals surface area contributed by atoms with Gasteiger partial charge in [-0.05, 0) is 67.8 Å². The van der Waals surface area contributed by atoms with E-state index in [0.29, 0.717) is 22.8 Å². The lowest BCUT2D eigenvalue weighted by Crippen LogP contribution is -2.00. The third-order valence-electron chi connectivity index (χ3n) is 2.77. The summed E-state index contributed by atoms with van der Waals surface area (Å²) in [5.41, 5.74) is 1.82. The molecule has 0 aromatic heterocycles. The van der Waals surface area contributed by atoms with E-state index in [1.54, 1.807) is 0 Å². The van der Waals surface area contributed by atoms with Gasteiger partial charge in [0.2, 0.25) is 0 Å². The summed E-state index contributed by atoms with van der Waals surface area (Å²) in [5.74, 6) is 0.570. The zero-order valence-electron chi connectivity index (χ0n) is 10.7. The molecule has 0 spiro atoms. The fourth-order valence-electron chi connectivity index (χ4n) is 1.77. The van der Waals surface area contributed by atoms with Crippen molar-refractivity contribution in [2.24, 2.45) is 0 Å². The second-order valence-electron chi connectivity index (χ2n) is 4.22. The molecule has 0 saturated carbocycles. The Balaban J connectivity index is 2.25. The van der Waals surface area contributed by atoms with Gasteiger partial charge in [-0.15, -0.1) is 11.6 Å². The molecule has 0 saturated heterocycles. The normalized spacial score (nSPS) is 10.2. The first-order valence-electron chi connectivity index (χ1n) is 5.90. The molecule has 0 aliphatic heterocycles. The minimum absolute atomic E-state index is 0.0953. The van der Waals surface area contributed by atoms with Crippen LogP contribution in [0.3, 0.4) is 0 Å². The van der Waals surface area contributed by atoms with Gasteiger partial charge in [-0.2, -0.15) is 5.26 Å². The number of hydrogen-bond acceptors (Lipinski definition) is 2. The highest BCUT2D eigenvalue weighted by atomic mass is 79.9. The summed E-state index contributed by atoms with van der Waals surface area (Å²) in [6.45, 7) is 0.0953. The van der Waals surface area contributed by atoms with Crippen molar-refractivity contribution < 1.29 is 9.13 Å². The van der Waals surface area contributed by atoms with E-state index in [9.17, 15) is 4.39 Å². The van der Waals surface area contributed by atoms with E-state index in [0.717, 1.165) is 14.5 Å². The second-order valence-corrected chi connectivity index (χ2v) is 6.20. The predicted octanol–water partition coefficient (Wildman–Crippen LogP) is 5.54. The summed E-state index contributed by atoms with van der Waals surface area (Å²) >= 11 is 12.6. The molecule has 0 aliphatic rings. The largest absolute Gasteiger partial charge is 0.486 e. The molecular formula is C15H9Br2ClFNO. The number of benzene rings is 2. The van der Waals surface area contributed by atoms with Gasteiger partial charge in [0.1, 0.15) is 18.2 Å². The molecule has 2 nitrogen and oxygen atoms in total. The lowest BCUT2D eigenvalue weighted by Gasteiger charge is -2.12. The van der Waals surface area contributed by atoms with Crippen molar-refractivity contribution in [3.63, 3.8) is 0 Å². The Morgan fingerprint density at radius 1 is 1.19 bits per heavy atom. The van der Waals surface area contributed by atoms with E-state index in [1.807, 2.05) is 18.2 Å². The van der Waals surface area contributed by atoms with Crippen LogP contribution < -0.4 is 4.74 Å². The maximum absolute atomic E-state index is 13.3. The summed E-state index contributed by atoms with van der Waals surface area (Å²) in [4.78, 5) is 0. The highest BCUT2D eigenvalue weighted by Gasteiger charge is 2.11. The molecule has 0 fully saturated rings. The quantitative estimate of drug-likeness (QED) is 0.593. The summed E-state index contributed by atoms with van der Waals surface area (Å²) in [6.07, 6.45) is 0. The Bertz CT molecular complexity index is 692. The Morgan fingerprint density at radius 3 is 2.43 bits per heavy atom. The molecule has 0 aliphatic carbocycles. The van der Waals surface area contributed by atoms with Crippen LogP contribution in [-0.2, 0) is 12.5 Å². The van der Waals surface area contributed by atoms with Gasteiger partial charge in [0.25, 0.3) is 0 Å². The van der Waals surface area contributed by atoms with Crippen LogP contribution in [0.2, 0.25) is 0 Å². The number of hydrogen-bond donors (Lipinski definition) is 0. The molecule has 0 amide bonds. The van der Waals surface area contributed by atoms with Gasteiger partial charge in [-0.25, -0.2) is 4.39 Å². The topological polar surface area (TPSA) is 33.0 Å². The molecule has 2 rings (SSSR count). The fraction of sp³-hybridized carbons (Fsp3) is 0.133. The molecule has 21 heavy (non-hydrogen) atoms. The van der Waals surface area contributed by atoms with E-state index in [2.05, 4.69) is 31.9 Å². The number of ether oxygens (including phenoxy) is 1. The molecule has 0 unspecified atom stereocenters. The lowest BCUT2D eigenvalue weighted by molar-refractivity contribution is 0.301. The van der Waals surface area contributed by atoms with Crippen molar-refractivity contribution in [1.29, 1.82) is 5.26 Å². The number of rotatable bonds is 4. The first-order valence-corrected chi connectivity index (χ1v) is 8.02. The van der Waals surface area contributed by atoms with Crippen LogP contribution in [0, 0.1) is 17.1 Å². The average molecular weight is 434 g/mol. The number of halogens is 4. The monoisotopic (exact) mass is 431 g/mol. The lowest BCUT2D eigenvalue weighted by atomic mass is 10.1. The van der Waals surface area contributed by atoms with Gasteiger partial charge in [0, 0.05) is 11.4 Å². The first kappa shape index (κ1) is 16.3. The molecule has 0 heterocycles. The predicted molar refractivity (Wildman–Crippen MR) is 86.8 cm³/mol. The highest BCUT2D eigenvalue weighted by molar-refractivity contribution is 9.11. The smallest absolute Gasteiger partial charge is 0.148 e. The van der Waals surface area contributed by atoms with Crippen LogP contribution in [0.15, 0.2) is 39.3 Å². The van der Waals surface area contributed by atoms with Crippen molar-refractivity contribution in [1.82, 2.24) is 0 Å². The third kappa shape index (κ3) is 3.97. The van der Waals surface area contributed by atoms with Crippen molar-refractivity contribution >= 4 is 43.5 Å². The maximum Gasteiger partial charge on any atom is 0.148 e. The van der Waals surface area contributed by atoms with Gasteiger partial charge < -0.3 is 4.74 Å². The van der Waals surface area contributed by atoms with Gasteiger partial charge in [0.05, 0.1) is 20.6 Å². The van der Waals surface area contributed by atoms with Crippen molar-refractivity contribution in [2.75, 3.05) is 0 Å². The van der Waals surface area contributed by atoms with E-state index in [4.69, 9.17) is 21.6 Å². The molecule has 2 aromatic carbocycles. The van der Waals surface area contributed by atoms with Crippen LogP contribution in [0.25, 0.3) is 0 Å². The Hall–Kier alpha value is -1.09. The van der Waals surface area contributed by atoms with Gasteiger partial charge in [0.15, 0.2) is 0 Å². The maximum atomic E-state index is 13.3. The second kappa shape index (κ2) is 7.26. The minimum atomic E-state index is -0.400. The molecule has 2 aromatic rings. The molecule has 6 heteroatoms. The molecule has 108 valence electrons. The van der Waals surface area contributed by atoms with Crippen molar-refractivity contribution in [2.45, 2.75) is 12.5 Å². The molecule has 0 atom stereocenters. The first-order chi connectivity index (χ1) is 10.0. The van der Waals surface area contributed by atoms with E-state index in [1.165, 1.54) is 18.2 Å².